The molecule has 1 amide bonds. The Kier molecular flexibility index (Phi) is 4.08. The molecule has 1 fully saturated rings. The van der Waals surface area contributed by atoms with Crippen molar-refractivity contribution in [2.24, 2.45) is 5.92 Å². The largest absolute Gasteiger partial charge is 0.350 e. The first-order chi connectivity index (χ1) is 8.29. The van der Waals surface area contributed by atoms with Crippen LogP contribution < -0.4 is 5.32 Å². The van der Waals surface area contributed by atoms with Crippen molar-refractivity contribution in [3.8, 4) is 0 Å². The van der Waals surface area contributed by atoms with Crippen LogP contribution in [0.5, 0.6) is 0 Å². The highest BCUT2D eigenvalue weighted by Gasteiger charge is 2.19. The second kappa shape index (κ2) is 5.77. The minimum Gasteiger partial charge on any atom is -0.350 e. The van der Waals surface area contributed by atoms with Gasteiger partial charge in [-0.25, -0.2) is 0 Å². The molecule has 17 heavy (non-hydrogen) atoms. The number of carbonyl (C=O) groups is 1. The smallest absolute Gasteiger partial charge is 0.273 e. The fraction of sp³-hybridized carbons (Fsp3) is 0.727. The van der Waals surface area contributed by atoms with Crippen molar-refractivity contribution < 1.29 is 4.79 Å². The van der Waals surface area contributed by atoms with Gasteiger partial charge >= 0.3 is 0 Å². The number of hydrogen-bond donors (Lipinski definition) is 2. The fourth-order valence-corrected chi connectivity index (χ4v) is 2.15. The Labute approximate surface area is 101 Å². The molecule has 0 atom stereocenters. The zero-order valence-electron chi connectivity index (χ0n) is 10.1. The van der Waals surface area contributed by atoms with Crippen LogP contribution in [0.3, 0.4) is 0 Å². The maximum Gasteiger partial charge on any atom is 0.273 e. The van der Waals surface area contributed by atoms with Gasteiger partial charge in [-0.3, -0.25) is 4.79 Å². The highest BCUT2D eigenvalue weighted by atomic mass is 16.1. The van der Waals surface area contributed by atoms with Crippen LogP contribution in [0.2, 0.25) is 0 Å². The maximum absolute atomic E-state index is 11.6. The Morgan fingerprint density at radius 3 is 2.94 bits per heavy atom. The van der Waals surface area contributed by atoms with E-state index in [0.29, 0.717) is 11.6 Å². The predicted octanol–water partition coefficient (Wildman–Crippen LogP) is 0.266. The molecule has 1 saturated heterocycles. The van der Waals surface area contributed by atoms with Crippen molar-refractivity contribution in [1.29, 1.82) is 0 Å². The van der Waals surface area contributed by atoms with E-state index in [0.717, 1.165) is 39.0 Å². The van der Waals surface area contributed by atoms with E-state index < -0.39 is 0 Å². The Hall–Kier alpha value is -1.43. The van der Waals surface area contributed by atoms with Gasteiger partial charge in [0.1, 0.15) is 0 Å². The molecule has 0 unspecified atom stereocenters. The highest BCUT2D eigenvalue weighted by Crippen LogP contribution is 2.15. The Bertz CT molecular complexity index is 343. The lowest BCUT2D eigenvalue weighted by Crippen LogP contribution is -2.38. The SMILES string of the molecule is CCN1CCC(CNC(=O)c2cn[nH]n2)CC1. The molecule has 1 aliphatic rings. The standard InChI is InChI=1S/C11H19N5O/c1-2-16-5-3-9(4-6-16)7-12-11(17)10-8-13-15-14-10/h8-9H,2-7H2,1H3,(H,12,17)(H,13,14,15). The number of aromatic amines is 1. The number of H-pyrrole nitrogens is 1. The van der Waals surface area contributed by atoms with Crippen molar-refractivity contribution in [2.75, 3.05) is 26.2 Å². The van der Waals surface area contributed by atoms with Crippen LogP contribution in [0.1, 0.15) is 30.3 Å². The summed E-state index contributed by atoms with van der Waals surface area (Å²) in [6, 6.07) is 0. The molecule has 0 saturated carbocycles. The van der Waals surface area contributed by atoms with E-state index in [1.54, 1.807) is 0 Å². The summed E-state index contributed by atoms with van der Waals surface area (Å²) in [7, 11) is 0. The van der Waals surface area contributed by atoms with Gasteiger partial charge in [-0.2, -0.15) is 15.4 Å². The summed E-state index contributed by atoms with van der Waals surface area (Å²) < 4.78 is 0. The van der Waals surface area contributed by atoms with E-state index in [9.17, 15) is 4.79 Å². The summed E-state index contributed by atoms with van der Waals surface area (Å²) in [6.45, 7) is 6.33. The number of nitrogens with one attached hydrogen (secondary N) is 2. The predicted molar refractivity (Wildman–Crippen MR) is 63.6 cm³/mol. The van der Waals surface area contributed by atoms with Crippen LogP contribution in [0.15, 0.2) is 6.20 Å². The summed E-state index contributed by atoms with van der Waals surface area (Å²) in [4.78, 5) is 14.1. The minimum atomic E-state index is -0.142. The number of aromatic nitrogens is 3. The van der Waals surface area contributed by atoms with Gasteiger partial charge in [-0.15, -0.1) is 0 Å². The van der Waals surface area contributed by atoms with Crippen LogP contribution >= 0.6 is 0 Å². The molecular weight excluding hydrogens is 218 g/mol. The number of rotatable bonds is 4. The first kappa shape index (κ1) is 12.0. The van der Waals surface area contributed by atoms with E-state index in [2.05, 4.69) is 32.6 Å². The average molecular weight is 237 g/mol. The molecule has 0 radical (unpaired) electrons. The van der Waals surface area contributed by atoms with Gasteiger partial charge < -0.3 is 10.2 Å². The molecule has 1 aliphatic heterocycles. The third-order valence-electron chi connectivity index (χ3n) is 3.35. The molecular formula is C11H19N5O. The molecule has 0 spiro atoms. The molecule has 94 valence electrons. The van der Waals surface area contributed by atoms with Gasteiger partial charge in [0.2, 0.25) is 0 Å². The second-order valence-electron chi connectivity index (χ2n) is 4.44. The maximum atomic E-state index is 11.6. The van der Waals surface area contributed by atoms with Gasteiger partial charge in [0.15, 0.2) is 5.69 Å². The molecule has 0 aromatic carbocycles. The van der Waals surface area contributed by atoms with Crippen molar-refractivity contribution in [1.82, 2.24) is 25.6 Å². The van der Waals surface area contributed by atoms with Gasteiger partial charge in [0, 0.05) is 6.54 Å². The number of hydrogen-bond acceptors (Lipinski definition) is 4. The molecule has 6 nitrogen and oxygen atoms in total. The van der Waals surface area contributed by atoms with Crippen molar-refractivity contribution in [2.45, 2.75) is 19.8 Å². The van der Waals surface area contributed by atoms with Gasteiger partial charge in [-0.1, -0.05) is 6.92 Å². The zero-order valence-corrected chi connectivity index (χ0v) is 10.1. The number of amides is 1. The topological polar surface area (TPSA) is 73.9 Å². The molecule has 0 aliphatic carbocycles. The first-order valence-electron chi connectivity index (χ1n) is 6.16. The molecule has 2 N–H and O–H groups in total. The summed E-state index contributed by atoms with van der Waals surface area (Å²) >= 11 is 0. The monoisotopic (exact) mass is 237 g/mol. The molecule has 2 heterocycles. The Balaban J connectivity index is 1.71. The minimum absolute atomic E-state index is 0.142. The summed E-state index contributed by atoms with van der Waals surface area (Å²) in [5.74, 6) is 0.449. The molecule has 0 bridgehead atoms. The van der Waals surface area contributed by atoms with Crippen LogP contribution in [0, 0.1) is 5.92 Å². The number of piperidine rings is 1. The van der Waals surface area contributed by atoms with Crippen LogP contribution in [0.25, 0.3) is 0 Å². The fourth-order valence-electron chi connectivity index (χ4n) is 2.15. The van der Waals surface area contributed by atoms with Crippen LogP contribution in [-0.4, -0.2) is 52.4 Å². The third kappa shape index (κ3) is 3.26. The first-order valence-corrected chi connectivity index (χ1v) is 6.16. The molecule has 2 rings (SSSR count). The average Bonchev–Trinajstić information content (AvgIpc) is 2.90. The van der Waals surface area contributed by atoms with Crippen LogP contribution in [-0.2, 0) is 0 Å². The highest BCUT2D eigenvalue weighted by molar-refractivity contribution is 5.91. The second-order valence-corrected chi connectivity index (χ2v) is 4.44. The van der Waals surface area contributed by atoms with E-state index in [1.165, 1.54) is 6.20 Å². The summed E-state index contributed by atoms with van der Waals surface area (Å²) in [5.41, 5.74) is 0.357. The third-order valence-corrected chi connectivity index (χ3v) is 3.35. The lowest BCUT2D eigenvalue weighted by molar-refractivity contribution is 0.0932. The summed E-state index contributed by atoms with van der Waals surface area (Å²) in [5, 5.41) is 12.7. The van der Waals surface area contributed by atoms with Gasteiger partial charge in [-0.05, 0) is 38.4 Å². The van der Waals surface area contributed by atoms with Crippen molar-refractivity contribution >= 4 is 5.91 Å². The van der Waals surface area contributed by atoms with Crippen molar-refractivity contribution in [3.63, 3.8) is 0 Å². The number of nitrogens with zero attached hydrogens (tertiary/aromatic N) is 3. The van der Waals surface area contributed by atoms with Gasteiger partial charge in [0.25, 0.3) is 5.91 Å². The lowest BCUT2D eigenvalue weighted by atomic mass is 9.97. The van der Waals surface area contributed by atoms with Crippen molar-refractivity contribution in [3.05, 3.63) is 11.9 Å². The van der Waals surface area contributed by atoms with E-state index in [-0.39, 0.29) is 5.91 Å². The van der Waals surface area contributed by atoms with E-state index in [1.807, 2.05) is 0 Å². The van der Waals surface area contributed by atoms with E-state index >= 15 is 0 Å². The number of likely N-dealkylation sites (tertiary alicyclic amines) is 1. The quantitative estimate of drug-likeness (QED) is 0.788. The van der Waals surface area contributed by atoms with Gasteiger partial charge in [0.05, 0.1) is 6.20 Å². The summed E-state index contributed by atoms with van der Waals surface area (Å²) in [6.07, 6.45) is 3.76. The molecule has 1 aromatic heterocycles. The Morgan fingerprint density at radius 2 is 2.35 bits per heavy atom. The lowest BCUT2D eigenvalue weighted by Gasteiger charge is -2.30. The molecule has 6 heteroatoms. The normalized spacial score (nSPS) is 18.2. The Morgan fingerprint density at radius 1 is 1.59 bits per heavy atom. The van der Waals surface area contributed by atoms with E-state index in [4.69, 9.17) is 0 Å². The zero-order chi connectivity index (χ0) is 12.1. The molecule has 1 aromatic rings. The number of carbonyl (C=O) groups excluding carboxylic acids is 1. The van der Waals surface area contributed by atoms with Crippen LogP contribution in [0.4, 0.5) is 0 Å².